The summed E-state index contributed by atoms with van der Waals surface area (Å²) in [6.07, 6.45) is 10.5. The van der Waals surface area contributed by atoms with Crippen molar-refractivity contribution in [3.05, 3.63) is 10.1 Å². The first-order valence-electron chi connectivity index (χ1n) is 8.50. The zero-order chi connectivity index (χ0) is 15.5. The fourth-order valence-electron chi connectivity index (χ4n) is 2.85. The lowest BCUT2D eigenvalue weighted by molar-refractivity contribution is -0.769. The van der Waals surface area contributed by atoms with Crippen LogP contribution in [0.5, 0.6) is 0 Å². The first kappa shape index (κ1) is 18.2. The predicted molar refractivity (Wildman–Crippen MR) is 82.6 cm³/mol. The molecule has 2 unspecified atom stereocenters. The quantitative estimate of drug-likeness (QED) is 0.553. The van der Waals surface area contributed by atoms with Crippen molar-refractivity contribution in [2.45, 2.75) is 90.3 Å². The lowest BCUT2D eigenvalue weighted by atomic mass is 9.97. The van der Waals surface area contributed by atoms with Crippen LogP contribution in [-0.4, -0.2) is 23.9 Å². The largest absolute Gasteiger partial charge is 0.378 e. The van der Waals surface area contributed by atoms with Gasteiger partial charge in [-0.25, -0.2) is 0 Å². The highest BCUT2D eigenvalue weighted by molar-refractivity contribution is 4.68. The van der Waals surface area contributed by atoms with E-state index >= 15 is 0 Å². The lowest BCUT2D eigenvalue weighted by Gasteiger charge is -2.24. The van der Waals surface area contributed by atoms with Gasteiger partial charge in [-0.05, 0) is 18.8 Å². The maximum Gasteiger partial charge on any atom is 0.294 e. The van der Waals surface area contributed by atoms with Crippen molar-refractivity contribution in [3.8, 4) is 0 Å². The Labute approximate surface area is 128 Å². The van der Waals surface area contributed by atoms with Gasteiger partial charge in [0.2, 0.25) is 0 Å². The Kier molecular flexibility index (Phi) is 9.39. The van der Waals surface area contributed by atoms with Crippen molar-refractivity contribution < 1.29 is 14.7 Å². The summed E-state index contributed by atoms with van der Waals surface area (Å²) in [5.41, 5.74) is 0. The van der Waals surface area contributed by atoms with Crippen LogP contribution in [-0.2, 0) is 9.57 Å². The lowest BCUT2D eigenvalue weighted by Crippen LogP contribution is -2.26. The molecular formula is C16H31NO4. The van der Waals surface area contributed by atoms with Crippen LogP contribution in [0.15, 0.2) is 0 Å². The Hall–Kier alpha value is -0.840. The van der Waals surface area contributed by atoms with E-state index in [-0.39, 0.29) is 12.2 Å². The van der Waals surface area contributed by atoms with E-state index in [1.54, 1.807) is 0 Å². The fourth-order valence-corrected chi connectivity index (χ4v) is 2.85. The molecular weight excluding hydrogens is 270 g/mol. The first-order valence-corrected chi connectivity index (χ1v) is 8.50. The Morgan fingerprint density at radius 2 is 1.52 bits per heavy atom. The minimum absolute atomic E-state index is 0.0942. The zero-order valence-electron chi connectivity index (χ0n) is 13.6. The van der Waals surface area contributed by atoms with E-state index < -0.39 is 5.09 Å². The zero-order valence-corrected chi connectivity index (χ0v) is 13.6. The number of hydrogen-bond donors (Lipinski definition) is 0. The van der Waals surface area contributed by atoms with Gasteiger partial charge in [0, 0.05) is 13.0 Å². The Morgan fingerprint density at radius 1 is 1.00 bits per heavy atom. The highest BCUT2D eigenvalue weighted by atomic mass is 17.0. The van der Waals surface area contributed by atoms with E-state index in [1.165, 1.54) is 25.7 Å². The van der Waals surface area contributed by atoms with Crippen molar-refractivity contribution in [3.63, 3.8) is 0 Å². The third kappa shape index (κ3) is 9.67. The molecule has 5 nitrogen and oxygen atoms in total. The molecule has 1 saturated carbocycles. The molecule has 1 aliphatic carbocycles. The van der Waals surface area contributed by atoms with Crippen molar-refractivity contribution >= 4 is 0 Å². The molecule has 0 bridgehead atoms. The molecule has 5 heteroatoms. The molecule has 0 aliphatic heterocycles. The van der Waals surface area contributed by atoms with Gasteiger partial charge in [0.15, 0.2) is 0 Å². The molecule has 0 amide bonds. The fraction of sp³-hybridized carbons (Fsp3) is 1.00. The standard InChI is InChI=1S/C16H31NO4/c1-14(2)13-20-15-10-8-6-4-3-5-7-9-11-16(12-15)21-17(18)19/h14-16H,3-13H2,1-2H3. The summed E-state index contributed by atoms with van der Waals surface area (Å²) >= 11 is 0. The van der Waals surface area contributed by atoms with Crippen LogP contribution >= 0.6 is 0 Å². The van der Waals surface area contributed by atoms with Crippen molar-refractivity contribution in [1.82, 2.24) is 0 Å². The molecule has 1 aliphatic rings. The number of nitrogens with zero attached hydrogens (tertiary/aromatic N) is 1. The van der Waals surface area contributed by atoms with Gasteiger partial charge in [0.05, 0.1) is 6.10 Å². The third-order valence-electron chi connectivity index (χ3n) is 3.98. The van der Waals surface area contributed by atoms with E-state index in [4.69, 9.17) is 9.57 Å². The molecule has 0 aromatic heterocycles. The van der Waals surface area contributed by atoms with E-state index in [0.29, 0.717) is 12.3 Å². The molecule has 21 heavy (non-hydrogen) atoms. The van der Waals surface area contributed by atoms with Crippen LogP contribution in [0.4, 0.5) is 0 Å². The Bertz CT molecular complexity index is 283. The molecule has 0 aromatic carbocycles. The Balaban J connectivity index is 2.54. The summed E-state index contributed by atoms with van der Waals surface area (Å²) in [5, 5.41) is 10.0. The third-order valence-corrected chi connectivity index (χ3v) is 3.98. The topological polar surface area (TPSA) is 61.6 Å². The van der Waals surface area contributed by atoms with Gasteiger partial charge in [-0.2, -0.15) is 0 Å². The van der Waals surface area contributed by atoms with Gasteiger partial charge in [0.25, 0.3) is 5.09 Å². The first-order chi connectivity index (χ1) is 10.1. The summed E-state index contributed by atoms with van der Waals surface area (Å²) in [5.74, 6) is 0.487. The van der Waals surface area contributed by atoms with Crippen LogP contribution < -0.4 is 0 Å². The second-order valence-electron chi connectivity index (χ2n) is 6.59. The predicted octanol–water partition coefficient (Wildman–Crippen LogP) is 4.52. The molecule has 0 N–H and O–H groups in total. The molecule has 0 heterocycles. The van der Waals surface area contributed by atoms with Gasteiger partial charge in [-0.1, -0.05) is 58.8 Å². The summed E-state index contributed by atoms with van der Waals surface area (Å²) in [7, 11) is 0. The maximum absolute atomic E-state index is 10.7. The van der Waals surface area contributed by atoms with E-state index in [2.05, 4.69) is 13.8 Å². The van der Waals surface area contributed by atoms with Crippen LogP contribution in [0.3, 0.4) is 0 Å². The average molecular weight is 301 g/mol. The summed E-state index contributed by atoms with van der Waals surface area (Å²) in [6, 6.07) is 0. The van der Waals surface area contributed by atoms with E-state index in [1.807, 2.05) is 0 Å². The Morgan fingerprint density at radius 3 is 2.05 bits per heavy atom. The number of rotatable bonds is 5. The summed E-state index contributed by atoms with van der Waals surface area (Å²) in [4.78, 5) is 15.5. The SMILES string of the molecule is CC(C)COC1CCCCCCCCCC(O[N+](=O)[O-])C1. The van der Waals surface area contributed by atoms with Crippen molar-refractivity contribution in [2.75, 3.05) is 6.61 Å². The van der Waals surface area contributed by atoms with Gasteiger partial charge >= 0.3 is 0 Å². The van der Waals surface area contributed by atoms with Crippen LogP contribution in [0.25, 0.3) is 0 Å². The highest BCUT2D eigenvalue weighted by Gasteiger charge is 2.20. The van der Waals surface area contributed by atoms with Crippen LogP contribution in [0.2, 0.25) is 0 Å². The maximum atomic E-state index is 10.7. The van der Waals surface area contributed by atoms with Gasteiger partial charge in [0.1, 0.15) is 6.10 Å². The smallest absolute Gasteiger partial charge is 0.294 e. The molecule has 0 aromatic rings. The number of ether oxygens (including phenoxy) is 1. The van der Waals surface area contributed by atoms with E-state index in [0.717, 1.165) is 38.7 Å². The molecule has 2 atom stereocenters. The average Bonchev–Trinajstić information content (AvgIpc) is 2.39. The van der Waals surface area contributed by atoms with Crippen molar-refractivity contribution in [2.24, 2.45) is 5.92 Å². The van der Waals surface area contributed by atoms with Crippen LogP contribution in [0.1, 0.15) is 78.1 Å². The minimum Gasteiger partial charge on any atom is -0.378 e. The highest BCUT2D eigenvalue weighted by Crippen LogP contribution is 2.21. The normalized spacial score (nSPS) is 25.9. The monoisotopic (exact) mass is 301 g/mol. The second kappa shape index (κ2) is 10.8. The van der Waals surface area contributed by atoms with Gasteiger partial charge in [-0.3, -0.25) is 0 Å². The number of hydrogen-bond acceptors (Lipinski definition) is 4. The van der Waals surface area contributed by atoms with Gasteiger partial charge in [-0.15, -0.1) is 10.1 Å². The minimum atomic E-state index is -0.643. The summed E-state index contributed by atoms with van der Waals surface area (Å²) in [6.45, 7) is 4.97. The molecule has 1 fully saturated rings. The molecule has 0 spiro atoms. The molecule has 1 rings (SSSR count). The summed E-state index contributed by atoms with van der Waals surface area (Å²) < 4.78 is 5.96. The molecule has 0 saturated heterocycles. The van der Waals surface area contributed by atoms with Gasteiger partial charge < -0.3 is 9.57 Å². The van der Waals surface area contributed by atoms with Crippen LogP contribution in [0, 0.1) is 16.0 Å². The second-order valence-corrected chi connectivity index (χ2v) is 6.59. The van der Waals surface area contributed by atoms with Crippen molar-refractivity contribution in [1.29, 1.82) is 0 Å². The van der Waals surface area contributed by atoms with E-state index in [9.17, 15) is 10.1 Å². The molecule has 0 radical (unpaired) electrons. The molecule has 124 valence electrons.